The van der Waals surface area contributed by atoms with E-state index in [1.807, 2.05) is 18.5 Å². The Balaban J connectivity index is 1.43. The van der Waals surface area contributed by atoms with Gasteiger partial charge in [0.2, 0.25) is 0 Å². The molecular formula is C21H27N3. The van der Waals surface area contributed by atoms with Crippen LogP contribution in [0.15, 0.2) is 48.8 Å². The molecule has 2 aliphatic rings. The van der Waals surface area contributed by atoms with E-state index < -0.39 is 0 Å². The Kier molecular flexibility index (Phi) is 4.91. The summed E-state index contributed by atoms with van der Waals surface area (Å²) in [5.74, 6) is 1.78. The van der Waals surface area contributed by atoms with Crippen LogP contribution in [0.2, 0.25) is 0 Å². The first-order valence-corrected chi connectivity index (χ1v) is 9.31. The number of pyridine rings is 1. The molecule has 2 atom stereocenters. The number of aromatic nitrogens is 1. The van der Waals surface area contributed by atoms with E-state index in [4.69, 9.17) is 0 Å². The summed E-state index contributed by atoms with van der Waals surface area (Å²) in [5, 5.41) is 3.54. The van der Waals surface area contributed by atoms with Crippen molar-refractivity contribution in [1.29, 1.82) is 0 Å². The van der Waals surface area contributed by atoms with Crippen LogP contribution in [0.3, 0.4) is 0 Å². The number of nitrogens with one attached hydrogen (secondary N) is 1. The van der Waals surface area contributed by atoms with Crippen molar-refractivity contribution >= 4 is 0 Å². The number of rotatable bonds is 4. The molecule has 3 heteroatoms. The summed E-state index contributed by atoms with van der Waals surface area (Å²) in [5.41, 5.74) is 3.89. The topological polar surface area (TPSA) is 28.2 Å². The molecule has 4 rings (SSSR count). The first-order chi connectivity index (χ1) is 11.9. The molecule has 1 N–H and O–H groups in total. The van der Waals surface area contributed by atoms with Gasteiger partial charge in [0.1, 0.15) is 0 Å². The lowest BCUT2D eigenvalue weighted by molar-refractivity contribution is 0.134. The number of hydrogen-bond donors (Lipinski definition) is 1. The molecule has 2 aliphatic heterocycles. The quantitative estimate of drug-likeness (QED) is 0.933. The van der Waals surface area contributed by atoms with Crippen molar-refractivity contribution in [2.75, 3.05) is 26.2 Å². The summed E-state index contributed by atoms with van der Waals surface area (Å²) >= 11 is 0. The summed E-state index contributed by atoms with van der Waals surface area (Å²) < 4.78 is 0. The first kappa shape index (κ1) is 15.8. The molecule has 0 saturated carbocycles. The Morgan fingerprint density at radius 2 is 2.04 bits per heavy atom. The van der Waals surface area contributed by atoms with Gasteiger partial charge in [-0.3, -0.25) is 9.88 Å². The first-order valence-electron chi connectivity index (χ1n) is 9.31. The molecule has 0 spiro atoms. The molecule has 24 heavy (non-hydrogen) atoms. The Labute approximate surface area is 145 Å². The second-order valence-corrected chi connectivity index (χ2v) is 7.33. The van der Waals surface area contributed by atoms with Crippen LogP contribution in [0, 0.1) is 11.8 Å². The van der Waals surface area contributed by atoms with E-state index in [0.29, 0.717) is 0 Å². The van der Waals surface area contributed by atoms with Crippen LogP contribution in [-0.2, 0) is 6.54 Å². The zero-order valence-corrected chi connectivity index (χ0v) is 14.3. The van der Waals surface area contributed by atoms with Crippen molar-refractivity contribution in [2.24, 2.45) is 11.8 Å². The molecule has 0 aliphatic carbocycles. The molecule has 0 bridgehead atoms. The van der Waals surface area contributed by atoms with Crippen LogP contribution < -0.4 is 5.32 Å². The zero-order chi connectivity index (χ0) is 16.2. The van der Waals surface area contributed by atoms with Crippen molar-refractivity contribution < 1.29 is 0 Å². The van der Waals surface area contributed by atoms with Gasteiger partial charge in [-0.25, -0.2) is 0 Å². The molecule has 3 heterocycles. The Morgan fingerprint density at radius 3 is 2.88 bits per heavy atom. The Hall–Kier alpha value is -1.71. The van der Waals surface area contributed by atoms with Gasteiger partial charge in [-0.15, -0.1) is 0 Å². The maximum absolute atomic E-state index is 4.24. The van der Waals surface area contributed by atoms with Crippen molar-refractivity contribution in [3.05, 3.63) is 54.4 Å². The number of benzene rings is 1. The van der Waals surface area contributed by atoms with E-state index in [0.717, 1.165) is 18.4 Å². The third kappa shape index (κ3) is 3.68. The van der Waals surface area contributed by atoms with Crippen molar-refractivity contribution in [3.8, 4) is 11.1 Å². The molecular weight excluding hydrogens is 294 g/mol. The van der Waals surface area contributed by atoms with Gasteiger partial charge in [-0.05, 0) is 79.6 Å². The van der Waals surface area contributed by atoms with Gasteiger partial charge < -0.3 is 5.32 Å². The predicted octanol–water partition coefficient (Wildman–Crippen LogP) is 3.57. The highest BCUT2D eigenvalue weighted by atomic mass is 15.1. The lowest BCUT2D eigenvalue weighted by atomic mass is 9.85. The highest BCUT2D eigenvalue weighted by molar-refractivity contribution is 5.62. The van der Waals surface area contributed by atoms with E-state index in [-0.39, 0.29) is 0 Å². The summed E-state index contributed by atoms with van der Waals surface area (Å²) in [6.07, 6.45) is 7.92. The molecule has 126 valence electrons. The average Bonchev–Trinajstić information content (AvgIpc) is 3.18. The molecule has 2 fully saturated rings. The van der Waals surface area contributed by atoms with Crippen LogP contribution in [0.4, 0.5) is 0 Å². The minimum absolute atomic E-state index is 0.884. The second kappa shape index (κ2) is 7.45. The number of nitrogens with zero attached hydrogens (tertiary/aromatic N) is 2. The van der Waals surface area contributed by atoms with Gasteiger partial charge in [0.05, 0.1) is 0 Å². The summed E-state index contributed by atoms with van der Waals surface area (Å²) in [6.45, 7) is 6.03. The molecule has 2 unspecified atom stereocenters. The van der Waals surface area contributed by atoms with Crippen LogP contribution in [0.1, 0.15) is 24.8 Å². The van der Waals surface area contributed by atoms with Gasteiger partial charge in [0, 0.05) is 25.5 Å². The minimum atomic E-state index is 0.884. The molecule has 0 radical (unpaired) electrons. The SMILES string of the molecule is c1cncc(-c2cccc(CN3CCCC(C4CCNC4)C3)c2)c1. The van der Waals surface area contributed by atoms with Crippen LogP contribution in [-0.4, -0.2) is 36.1 Å². The highest BCUT2D eigenvalue weighted by Crippen LogP contribution is 2.29. The molecule has 1 aromatic carbocycles. The van der Waals surface area contributed by atoms with Crippen LogP contribution in [0.25, 0.3) is 11.1 Å². The lowest BCUT2D eigenvalue weighted by Gasteiger charge is -2.35. The summed E-state index contributed by atoms with van der Waals surface area (Å²) in [7, 11) is 0. The Bertz CT molecular complexity index is 649. The fourth-order valence-corrected chi connectivity index (χ4v) is 4.34. The number of piperidine rings is 1. The van der Waals surface area contributed by atoms with Gasteiger partial charge in [0.25, 0.3) is 0 Å². The predicted molar refractivity (Wildman–Crippen MR) is 98.7 cm³/mol. The second-order valence-electron chi connectivity index (χ2n) is 7.33. The number of likely N-dealkylation sites (tertiary alicyclic amines) is 1. The van der Waals surface area contributed by atoms with Crippen molar-refractivity contribution in [3.63, 3.8) is 0 Å². The largest absolute Gasteiger partial charge is 0.316 e. The maximum atomic E-state index is 4.24. The van der Waals surface area contributed by atoms with E-state index in [1.54, 1.807) is 0 Å². The van der Waals surface area contributed by atoms with E-state index in [2.05, 4.69) is 45.5 Å². The lowest BCUT2D eigenvalue weighted by Crippen LogP contribution is -2.38. The van der Waals surface area contributed by atoms with Gasteiger partial charge in [0.15, 0.2) is 0 Å². The molecule has 2 saturated heterocycles. The summed E-state index contributed by atoms with van der Waals surface area (Å²) in [6, 6.07) is 13.1. The van der Waals surface area contributed by atoms with E-state index >= 15 is 0 Å². The highest BCUT2D eigenvalue weighted by Gasteiger charge is 2.29. The van der Waals surface area contributed by atoms with Crippen LogP contribution >= 0.6 is 0 Å². The molecule has 2 aromatic rings. The van der Waals surface area contributed by atoms with Gasteiger partial charge in [-0.2, -0.15) is 0 Å². The monoisotopic (exact) mass is 321 g/mol. The maximum Gasteiger partial charge on any atom is 0.0346 e. The zero-order valence-electron chi connectivity index (χ0n) is 14.3. The average molecular weight is 321 g/mol. The molecule has 0 amide bonds. The van der Waals surface area contributed by atoms with Gasteiger partial charge in [-0.1, -0.05) is 24.3 Å². The number of hydrogen-bond acceptors (Lipinski definition) is 3. The third-order valence-electron chi connectivity index (χ3n) is 5.64. The van der Waals surface area contributed by atoms with Crippen molar-refractivity contribution in [2.45, 2.75) is 25.8 Å². The van der Waals surface area contributed by atoms with Crippen molar-refractivity contribution in [1.82, 2.24) is 15.2 Å². The normalized spacial score (nSPS) is 25.0. The fraction of sp³-hybridized carbons (Fsp3) is 0.476. The molecule has 1 aromatic heterocycles. The Morgan fingerprint density at radius 1 is 1.08 bits per heavy atom. The smallest absolute Gasteiger partial charge is 0.0346 e. The fourth-order valence-electron chi connectivity index (χ4n) is 4.34. The molecule has 3 nitrogen and oxygen atoms in total. The van der Waals surface area contributed by atoms with E-state index in [9.17, 15) is 0 Å². The standard InChI is InChI=1S/C21H27N3/c1-4-17(12-18(5-1)19-6-2-9-22-13-19)15-24-11-3-7-21(16-24)20-8-10-23-14-20/h1-2,4-6,9,12-13,20-21,23H,3,7-8,10-11,14-16H2. The summed E-state index contributed by atoms with van der Waals surface area (Å²) in [4.78, 5) is 6.91. The van der Waals surface area contributed by atoms with Gasteiger partial charge >= 0.3 is 0 Å². The minimum Gasteiger partial charge on any atom is -0.316 e. The van der Waals surface area contributed by atoms with E-state index in [1.165, 1.54) is 62.1 Å². The van der Waals surface area contributed by atoms with Crippen LogP contribution in [0.5, 0.6) is 0 Å². The third-order valence-corrected chi connectivity index (χ3v) is 5.64.